The molecule has 0 aliphatic heterocycles. The number of rotatable bonds is 4. The van der Waals surface area contributed by atoms with E-state index in [9.17, 15) is 9.18 Å². The molecule has 3 heteroatoms. The smallest absolute Gasteiger partial charge is 0.228 e. The van der Waals surface area contributed by atoms with Crippen molar-refractivity contribution in [3.8, 4) is 0 Å². The van der Waals surface area contributed by atoms with Gasteiger partial charge in [0.05, 0.1) is 0 Å². The highest BCUT2D eigenvalue weighted by Gasteiger charge is 2.28. The first-order valence-electron chi connectivity index (χ1n) is 5.87. The molecule has 0 heterocycles. The molecule has 0 unspecified atom stereocenters. The van der Waals surface area contributed by atoms with E-state index >= 15 is 0 Å². The van der Waals surface area contributed by atoms with E-state index in [1.807, 2.05) is 20.8 Å². The highest BCUT2D eigenvalue weighted by molar-refractivity contribution is 5.81. The molecule has 1 amide bonds. The molecule has 0 saturated heterocycles. The lowest BCUT2D eigenvalue weighted by atomic mass is 9.88. The second-order valence-electron chi connectivity index (χ2n) is 4.99. The van der Waals surface area contributed by atoms with Crippen molar-refractivity contribution in [2.75, 3.05) is 7.05 Å². The van der Waals surface area contributed by atoms with Gasteiger partial charge in [-0.25, -0.2) is 4.39 Å². The van der Waals surface area contributed by atoms with Crippen LogP contribution in [0.5, 0.6) is 0 Å². The summed E-state index contributed by atoms with van der Waals surface area (Å²) in [6.45, 7) is 6.12. The molecule has 0 aliphatic rings. The molecule has 0 bridgehead atoms. The second kappa shape index (κ2) is 5.30. The molecule has 0 spiro atoms. The molecule has 0 aromatic heterocycles. The van der Waals surface area contributed by atoms with Crippen LogP contribution in [0.1, 0.15) is 32.8 Å². The van der Waals surface area contributed by atoms with Crippen LogP contribution in [0.4, 0.5) is 4.39 Å². The fourth-order valence-corrected chi connectivity index (χ4v) is 1.62. The maximum absolute atomic E-state index is 13.5. The van der Waals surface area contributed by atoms with Crippen LogP contribution in [0.2, 0.25) is 0 Å². The summed E-state index contributed by atoms with van der Waals surface area (Å²) in [5, 5.41) is 0. The minimum absolute atomic E-state index is 0.0447. The van der Waals surface area contributed by atoms with Crippen LogP contribution in [0, 0.1) is 11.2 Å². The third-order valence-electron chi connectivity index (χ3n) is 3.17. The van der Waals surface area contributed by atoms with E-state index < -0.39 is 0 Å². The van der Waals surface area contributed by atoms with E-state index in [0.717, 1.165) is 6.42 Å². The Hall–Kier alpha value is -1.38. The van der Waals surface area contributed by atoms with Gasteiger partial charge in [0.2, 0.25) is 5.91 Å². The Morgan fingerprint density at radius 2 is 1.94 bits per heavy atom. The molecular weight excluding hydrogens is 217 g/mol. The van der Waals surface area contributed by atoms with Crippen molar-refractivity contribution in [1.29, 1.82) is 0 Å². The molecule has 1 aromatic rings. The fourth-order valence-electron chi connectivity index (χ4n) is 1.62. The van der Waals surface area contributed by atoms with Gasteiger partial charge >= 0.3 is 0 Å². The average Bonchev–Trinajstić information content (AvgIpc) is 2.31. The summed E-state index contributed by atoms with van der Waals surface area (Å²) >= 11 is 0. The van der Waals surface area contributed by atoms with Crippen molar-refractivity contribution >= 4 is 5.91 Å². The van der Waals surface area contributed by atoms with Gasteiger partial charge in [-0.3, -0.25) is 4.79 Å². The van der Waals surface area contributed by atoms with Crippen LogP contribution < -0.4 is 0 Å². The number of halogens is 1. The number of hydrogen-bond donors (Lipinski definition) is 0. The van der Waals surface area contributed by atoms with Gasteiger partial charge < -0.3 is 4.90 Å². The van der Waals surface area contributed by atoms with Crippen molar-refractivity contribution in [1.82, 2.24) is 4.90 Å². The lowest BCUT2D eigenvalue weighted by molar-refractivity contribution is -0.139. The predicted molar refractivity (Wildman–Crippen MR) is 66.9 cm³/mol. The topological polar surface area (TPSA) is 20.3 Å². The van der Waals surface area contributed by atoms with Crippen molar-refractivity contribution in [3.63, 3.8) is 0 Å². The highest BCUT2D eigenvalue weighted by Crippen LogP contribution is 2.23. The summed E-state index contributed by atoms with van der Waals surface area (Å²) in [4.78, 5) is 13.7. The molecule has 0 atom stereocenters. The largest absolute Gasteiger partial charge is 0.341 e. The van der Waals surface area contributed by atoms with E-state index in [4.69, 9.17) is 0 Å². The van der Waals surface area contributed by atoms with Crippen LogP contribution in [-0.2, 0) is 11.3 Å². The Morgan fingerprint density at radius 1 is 1.35 bits per heavy atom. The average molecular weight is 237 g/mol. The van der Waals surface area contributed by atoms with Crippen molar-refractivity contribution in [3.05, 3.63) is 35.6 Å². The van der Waals surface area contributed by atoms with Gasteiger partial charge in [0.1, 0.15) is 5.82 Å². The normalized spacial score (nSPS) is 11.4. The first-order valence-corrected chi connectivity index (χ1v) is 5.87. The minimum atomic E-state index is -0.389. The molecule has 2 nitrogen and oxygen atoms in total. The quantitative estimate of drug-likeness (QED) is 0.787. The van der Waals surface area contributed by atoms with Gasteiger partial charge in [0.15, 0.2) is 0 Å². The van der Waals surface area contributed by atoms with Gasteiger partial charge in [0, 0.05) is 24.6 Å². The van der Waals surface area contributed by atoms with Crippen LogP contribution >= 0.6 is 0 Å². The number of carbonyl (C=O) groups is 1. The van der Waals surface area contributed by atoms with Crippen LogP contribution in [0.3, 0.4) is 0 Å². The first kappa shape index (κ1) is 13.7. The third kappa shape index (κ3) is 3.29. The fraction of sp³-hybridized carbons (Fsp3) is 0.500. The van der Waals surface area contributed by atoms with E-state index in [1.165, 1.54) is 6.07 Å². The van der Waals surface area contributed by atoms with Crippen LogP contribution in [-0.4, -0.2) is 17.9 Å². The van der Waals surface area contributed by atoms with Gasteiger partial charge in [-0.15, -0.1) is 0 Å². The Labute approximate surface area is 102 Å². The Morgan fingerprint density at radius 3 is 2.47 bits per heavy atom. The maximum atomic E-state index is 13.5. The lowest BCUT2D eigenvalue weighted by Crippen LogP contribution is -2.37. The molecular formula is C14H20FNO. The maximum Gasteiger partial charge on any atom is 0.228 e. The summed E-state index contributed by atoms with van der Waals surface area (Å²) in [5.74, 6) is -0.218. The third-order valence-corrected chi connectivity index (χ3v) is 3.17. The summed E-state index contributed by atoms with van der Waals surface area (Å²) in [6, 6.07) is 6.55. The van der Waals surface area contributed by atoms with Crippen LogP contribution in [0.25, 0.3) is 0 Å². The Balaban J connectivity index is 2.77. The predicted octanol–water partition coefficient (Wildman–Crippen LogP) is 3.22. The molecule has 17 heavy (non-hydrogen) atoms. The molecule has 0 saturated carbocycles. The number of benzene rings is 1. The molecule has 0 N–H and O–H groups in total. The zero-order valence-electron chi connectivity index (χ0n) is 11.0. The minimum Gasteiger partial charge on any atom is -0.341 e. The second-order valence-corrected chi connectivity index (χ2v) is 4.99. The molecule has 0 radical (unpaired) electrons. The zero-order chi connectivity index (χ0) is 13.1. The van der Waals surface area contributed by atoms with E-state index in [2.05, 4.69) is 0 Å². The molecule has 1 rings (SSSR count). The summed E-state index contributed by atoms with van der Waals surface area (Å²) < 4.78 is 13.5. The van der Waals surface area contributed by atoms with E-state index in [-0.39, 0.29) is 17.1 Å². The standard InChI is InChI=1S/C14H20FNO/c1-5-14(2,3)13(17)16(4)10-11-8-6-7-9-12(11)15/h6-9H,5,10H2,1-4H3. The SMILES string of the molecule is CCC(C)(C)C(=O)N(C)Cc1ccccc1F. The number of nitrogens with zero attached hydrogens (tertiary/aromatic N) is 1. The van der Waals surface area contributed by atoms with Gasteiger partial charge in [-0.1, -0.05) is 39.0 Å². The first-order chi connectivity index (χ1) is 7.88. The number of amides is 1. The molecule has 94 valence electrons. The zero-order valence-corrected chi connectivity index (χ0v) is 11.0. The summed E-state index contributed by atoms with van der Waals surface area (Å²) in [7, 11) is 1.71. The van der Waals surface area contributed by atoms with Crippen LogP contribution in [0.15, 0.2) is 24.3 Å². The lowest BCUT2D eigenvalue weighted by Gasteiger charge is -2.28. The Bertz CT molecular complexity index is 401. The summed E-state index contributed by atoms with van der Waals surface area (Å²) in [6.07, 6.45) is 0.771. The van der Waals surface area contributed by atoms with Crippen molar-refractivity contribution in [2.24, 2.45) is 5.41 Å². The molecule has 0 fully saturated rings. The summed E-state index contributed by atoms with van der Waals surface area (Å²) in [5.41, 5.74) is 0.162. The van der Waals surface area contributed by atoms with Gasteiger partial charge in [-0.2, -0.15) is 0 Å². The Kier molecular flexibility index (Phi) is 4.27. The van der Waals surface area contributed by atoms with E-state index in [0.29, 0.717) is 12.1 Å². The van der Waals surface area contributed by atoms with Gasteiger partial charge in [0.25, 0.3) is 0 Å². The van der Waals surface area contributed by atoms with Crippen molar-refractivity contribution < 1.29 is 9.18 Å². The highest BCUT2D eigenvalue weighted by atomic mass is 19.1. The molecule has 0 aliphatic carbocycles. The monoisotopic (exact) mass is 237 g/mol. The van der Waals surface area contributed by atoms with E-state index in [1.54, 1.807) is 30.1 Å². The number of carbonyl (C=O) groups excluding carboxylic acids is 1. The van der Waals surface area contributed by atoms with Gasteiger partial charge in [-0.05, 0) is 12.5 Å². The number of hydrogen-bond acceptors (Lipinski definition) is 1. The van der Waals surface area contributed by atoms with Crippen molar-refractivity contribution in [2.45, 2.75) is 33.7 Å². The molecule has 1 aromatic carbocycles.